The zero-order chi connectivity index (χ0) is 2.71. The van der Waals surface area contributed by atoms with E-state index in [-0.39, 0.29) is 17.1 Å². The average Bonchev–Trinajstić information content (AvgIpc) is 0.918. The Balaban J connectivity index is 0. The van der Waals surface area contributed by atoms with E-state index < -0.39 is 0 Å². The molecule has 3 nitrogen and oxygen atoms in total. The molecule has 0 amide bonds. The summed E-state index contributed by atoms with van der Waals surface area (Å²) in [4.78, 5) is 1.50. The van der Waals surface area contributed by atoms with Crippen molar-refractivity contribution in [1.82, 2.24) is 0 Å². The monoisotopic (exact) mass is 105 g/mol. The predicted octanol–water partition coefficient (Wildman–Crippen LogP) is 0.864. The molecule has 4 heteroatoms. The second-order valence-corrected chi connectivity index (χ2v) is 0.0894. The van der Waals surface area contributed by atoms with Crippen LogP contribution in [-0.2, 0) is 17.1 Å². The van der Waals surface area contributed by atoms with E-state index >= 15 is 0 Å². The molecule has 0 aliphatic heterocycles. The molecule has 0 bridgehead atoms. The van der Waals surface area contributed by atoms with Crippen LogP contribution in [0.1, 0.15) is 0 Å². The molecule has 0 atom stereocenters. The van der Waals surface area contributed by atoms with E-state index in [9.17, 15) is 0 Å². The molecule has 0 saturated heterocycles. The summed E-state index contributed by atoms with van der Waals surface area (Å²) in [6.45, 7) is 0. The summed E-state index contributed by atoms with van der Waals surface area (Å²) in [7, 11) is 0. The summed E-state index contributed by atoms with van der Waals surface area (Å²) in [6.07, 6.45) is 0. The molecule has 0 aromatic carbocycles. The van der Waals surface area contributed by atoms with Crippen LogP contribution in [0.3, 0.4) is 0 Å². The molecule has 0 aliphatic rings. The molecule has 0 aromatic rings. The molecule has 1 radical (unpaired) electrons. The van der Waals surface area contributed by atoms with Crippen molar-refractivity contribution in [3.63, 3.8) is 0 Å². The van der Waals surface area contributed by atoms with E-state index in [1.165, 1.54) is 4.91 Å². The van der Waals surface area contributed by atoms with Crippen molar-refractivity contribution in [1.29, 1.82) is 0 Å². The van der Waals surface area contributed by atoms with Gasteiger partial charge in [0.1, 0.15) is 0 Å². The Morgan fingerprint density at radius 2 is 1.25 bits per heavy atom. The Bertz CT molecular complexity index is 24.3. The van der Waals surface area contributed by atoms with E-state index in [0.29, 0.717) is 0 Å². The maximum atomic E-state index is 6.75. The topological polar surface area (TPSA) is 58.7 Å². The third-order valence-electron chi connectivity index (χ3n) is 0. The van der Waals surface area contributed by atoms with Gasteiger partial charge in [0, 0.05) is 0 Å². The zero-order valence-corrected chi connectivity index (χ0v) is 2.58. The van der Waals surface area contributed by atoms with Crippen LogP contribution < -0.4 is 0 Å². The molecule has 0 heterocycles. The first kappa shape index (κ1) is 9.16. The Kier molecular flexibility index (Phi) is 31.5. The minimum absolute atomic E-state index is 0. The smallest absolute Gasteiger partial charge is 0.373 e. The van der Waals surface area contributed by atoms with Crippen molar-refractivity contribution in [2.45, 2.75) is 0 Å². The number of rotatable bonds is 0. The van der Waals surface area contributed by atoms with Gasteiger partial charge in [-0.3, -0.25) is 4.91 Å². The van der Waals surface area contributed by atoms with Crippen LogP contribution in [0.4, 0.5) is 0 Å². The van der Waals surface area contributed by atoms with Crippen molar-refractivity contribution < 1.29 is 17.1 Å². The van der Waals surface area contributed by atoms with Gasteiger partial charge in [0.2, 0.25) is 0 Å². The molecular formula is CuN3+. The minimum Gasteiger partial charge on any atom is -0.373 e. The van der Waals surface area contributed by atoms with Crippen LogP contribution in [-0.4, -0.2) is 0 Å². The third kappa shape index (κ3) is 43.3. The summed E-state index contributed by atoms with van der Waals surface area (Å²) >= 11 is 0. The van der Waals surface area contributed by atoms with Crippen molar-refractivity contribution in [2.75, 3.05) is 0 Å². The molecule has 0 rings (SSSR count). The first-order chi connectivity index (χ1) is 1.41. The third-order valence-corrected chi connectivity index (χ3v) is 0. The van der Waals surface area contributed by atoms with Crippen molar-refractivity contribution in [3.05, 3.63) is 16.0 Å². The van der Waals surface area contributed by atoms with E-state index in [4.69, 9.17) is 11.1 Å². The fourth-order valence-corrected chi connectivity index (χ4v) is 0. The molecule has 0 aliphatic carbocycles. The second kappa shape index (κ2) is 13.8. The summed E-state index contributed by atoms with van der Waals surface area (Å²) in [6, 6.07) is 0. The summed E-state index contributed by atoms with van der Waals surface area (Å²) in [5.74, 6) is 0. The van der Waals surface area contributed by atoms with Gasteiger partial charge in [-0.2, -0.15) is 0 Å². The Hall–Kier alpha value is -0.171. The fourth-order valence-electron chi connectivity index (χ4n) is 0. The maximum absolute atomic E-state index is 6.75. The maximum Gasteiger partial charge on any atom is 2.00 e. The standard InChI is InChI=1S/Cu.N3/c;1-3-2/q+2;-1. The summed E-state index contributed by atoms with van der Waals surface area (Å²) in [5, 5.41) is 0. The first-order valence-electron chi connectivity index (χ1n) is 0.400. The normalized spacial score (nSPS) is 2.00. The van der Waals surface area contributed by atoms with Gasteiger partial charge in [-0.05, 0) is 0 Å². The quantitative estimate of drug-likeness (QED) is 0.190. The molecular weight excluding hydrogens is 106 g/mol. The van der Waals surface area contributed by atoms with Gasteiger partial charge in [-0.15, -0.1) is 0 Å². The van der Waals surface area contributed by atoms with E-state index in [0.717, 1.165) is 0 Å². The van der Waals surface area contributed by atoms with Crippen LogP contribution in [0.5, 0.6) is 0 Å². The molecule has 0 unspecified atom stereocenters. The van der Waals surface area contributed by atoms with Crippen LogP contribution >= 0.6 is 0 Å². The Morgan fingerprint density at radius 3 is 1.25 bits per heavy atom. The summed E-state index contributed by atoms with van der Waals surface area (Å²) < 4.78 is 0. The van der Waals surface area contributed by atoms with Crippen LogP contribution in [0.25, 0.3) is 16.0 Å². The molecule has 0 fully saturated rings. The number of hydrogen-bond acceptors (Lipinski definition) is 0. The first-order valence-corrected chi connectivity index (χ1v) is 0.400. The Labute approximate surface area is 33.9 Å². The number of hydrogen-bond donors (Lipinski definition) is 0. The van der Waals surface area contributed by atoms with E-state index in [2.05, 4.69) is 0 Å². The van der Waals surface area contributed by atoms with Crippen LogP contribution in [0.2, 0.25) is 0 Å². The second-order valence-electron chi connectivity index (χ2n) is 0.0894. The fraction of sp³-hybridized carbons (Fsp3) is 0. The Morgan fingerprint density at radius 1 is 1.25 bits per heavy atom. The number of nitrogens with zero attached hydrogens (tertiary/aromatic N) is 3. The largest absolute Gasteiger partial charge is 2.00 e. The summed E-state index contributed by atoms with van der Waals surface area (Å²) in [5.41, 5.74) is 13.5. The zero-order valence-electron chi connectivity index (χ0n) is 1.64. The van der Waals surface area contributed by atoms with Gasteiger partial charge in [-0.1, -0.05) is 0 Å². The van der Waals surface area contributed by atoms with Gasteiger partial charge in [0.25, 0.3) is 0 Å². The van der Waals surface area contributed by atoms with Crippen molar-refractivity contribution >= 4 is 0 Å². The average molecular weight is 106 g/mol. The van der Waals surface area contributed by atoms with E-state index in [1.807, 2.05) is 0 Å². The van der Waals surface area contributed by atoms with Crippen molar-refractivity contribution in [2.24, 2.45) is 0 Å². The molecule has 0 aromatic heterocycles. The molecule has 0 spiro atoms. The van der Waals surface area contributed by atoms with Gasteiger partial charge < -0.3 is 11.1 Å². The van der Waals surface area contributed by atoms with Gasteiger partial charge in [0.15, 0.2) is 0 Å². The van der Waals surface area contributed by atoms with Crippen molar-refractivity contribution in [3.8, 4) is 0 Å². The van der Waals surface area contributed by atoms with Gasteiger partial charge in [-0.25, -0.2) is 0 Å². The van der Waals surface area contributed by atoms with Crippen LogP contribution in [0.15, 0.2) is 0 Å². The predicted molar refractivity (Wildman–Crippen MR) is 10.1 cm³/mol. The molecule has 25 valence electrons. The SMILES string of the molecule is [Cu+2].[N-]=[N+]=[N-]. The van der Waals surface area contributed by atoms with Crippen LogP contribution in [0, 0.1) is 0 Å². The minimum atomic E-state index is 0. The molecule has 4 heavy (non-hydrogen) atoms. The van der Waals surface area contributed by atoms with Gasteiger partial charge in [0.05, 0.1) is 0 Å². The molecule has 0 saturated carbocycles. The van der Waals surface area contributed by atoms with Gasteiger partial charge >= 0.3 is 17.1 Å². The van der Waals surface area contributed by atoms with E-state index in [1.54, 1.807) is 0 Å². The molecule has 0 N–H and O–H groups in total.